The first-order chi connectivity index (χ1) is 6.49. The van der Waals surface area contributed by atoms with Crippen molar-refractivity contribution in [1.29, 1.82) is 0 Å². The highest BCUT2D eigenvalue weighted by Crippen LogP contribution is 2.35. The zero-order valence-electron chi connectivity index (χ0n) is 8.50. The van der Waals surface area contributed by atoms with E-state index < -0.39 is 6.10 Å². The summed E-state index contributed by atoms with van der Waals surface area (Å²) in [5.74, 6) is 0. The second-order valence-corrected chi connectivity index (χ2v) is 4.97. The standard InChI is InChI=1S/C11H16BrNO/c1-11(2,7-13)10(14)8-5-3-4-6-9(8)12/h3-6,10,14H,7,13H2,1-2H3. The summed E-state index contributed by atoms with van der Waals surface area (Å²) in [7, 11) is 0. The van der Waals surface area contributed by atoms with Crippen LogP contribution in [0.5, 0.6) is 0 Å². The van der Waals surface area contributed by atoms with Gasteiger partial charge in [-0.2, -0.15) is 0 Å². The summed E-state index contributed by atoms with van der Waals surface area (Å²) in [5, 5.41) is 10.1. The van der Waals surface area contributed by atoms with E-state index in [0.717, 1.165) is 10.0 Å². The summed E-state index contributed by atoms with van der Waals surface area (Å²) >= 11 is 3.42. The van der Waals surface area contributed by atoms with Crippen LogP contribution >= 0.6 is 15.9 Å². The second-order valence-electron chi connectivity index (χ2n) is 4.12. The number of hydrogen-bond acceptors (Lipinski definition) is 2. The van der Waals surface area contributed by atoms with Crippen LogP contribution in [0.15, 0.2) is 28.7 Å². The molecule has 0 saturated carbocycles. The number of benzene rings is 1. The van der Waals surface area contributed by atoms with Crippen molar-refractivity contribution in [3.05, 3.63) is 34.3 Å². The number of aliphatic hydroxyl groups excluding tert-OH is 1. The Labute approximate surface area is 93.3 Å². The van der Waals surface area contributed by atoms with Crippen LogP contribution in [0.4, 0.5) is 0 Å². The van der Waals surface area contributed by atoms with Gasteiger partial charge in [0.2, 0.25) is 0 Å². The summed E-state index contributed by atoms with van der Waals surface area (Å²) in [6.45, 7) is 4.36. The number of hydrogen-bond donors (Lipinski definition) is 2. The lowest BCUT2D eigenvalue weighted by molar-refractivity contribution is 0.0549. The maximum Gasteiger partial charge on any atom is 0.0863 e. The van der Waals surface area contributed by atoms with Crippen LogP contribution in [0.25, 0.3) is 0 Å². The van der Waals surface area contributed by atoms with Gasteiger partial charge in [-0.05, 0) is 11.6 Å². The van der Waals surface area contributed by atoms with Crippen molar-refractivity contribution in [1.82, 2.24) is 0 Å². The van der Waals surface area contributed by atoms with Gasteiger partial charge in [0.05, 0.1) is 6.10 Å². The topological polar surface area (TPSA) is 46.2 Å². The SMILES string of the molecule is CC(C)(CN)C(O)c1ccccc1Br. The average Bonchev–Trinajstić information content (AvgIpc) is 2.17. The molecule has 0 bridgehead atoms. The van der Waals surface area contributed by atoms with Crippen molar-refractivity contribution in [3.63, 3.8) is 0 Å². The molecular formula is C11H16BrNO. The first-order valence-corrected chi connectivity index (χ1v) is 5.41. The Morgan fingerprint density at radius 3 is 2.50 bits per heavy atom. The molecule has 1 rings (SSSR count). The molecule has 0 radical (unpaired) electrons. The van der Waals surface area contributed by atoms with Crippen LogP contribution in [0.3, 0.4) is 0 Å². The molecule has 0 heterocycles. The maximum absolute atomic E-state index is 10.1. The molecule has 3 N–H and O–H groups in total. The van der Waals surface area contributed by atoms with Crippen LogP contribution < -0.4 is 5.73 Å². The third-order valence-electron chi connectivity index (χ3n) is 2.47. The van der Waals surface area contributed by atoms with Gasteiger partial charge in [0, 0.05) is 16.4 Å². The van der Waals surface area contributed by atoms with E-state index in [1.54, 1.807) is 0 Å². The van der Waals surface area contributed by atoms with Gasteiger partial charge in [0.25, 0.3) is 0 Å². The van der Waals surface area contributed by atoms with E-state index in [4.69, 9.17) is 5.73 Å². The Balaban J connectivity index is 3.00. The van der Waals surface area contributed by atoms with Crippen molar-refractivity contribution < 1.29 is 5.11 Å². The van der Waals surface area contributed by atoms with Crippen LogP contribution in [-0.2, 0) is 0 Å². The lowest BCUT2D eigenvalue weighted by Crippen LogP contribution is -2.30. The van der Waals surface area contributed by atoms with Crippen molar-refractivity contribution in [3.8, 4) is 0 Å². The number of rotatable bonds is 3. The minimum Gasteiger partial charge on any atom is -0.388 e. The zero-order valence-corrected chi connectivity index (χ0v) is 10.1. The Morgan fingerprint density at radius 2 is 2.00 bits per heavy atom. The molecule has 0 aromatic heterocycles. The first-order valence-electron chi connectivity index (χ1n) is 4.61. The van der Waals surface area contributed by atoms with Crippen molar-refractivity contribution >= 4 is 15.9 Å². The molecule has 14 heavy (non-hydrogen) atoms. The Hall–Kier alpha value is -0.380. The van der Waals surface area contributed by atoms with Gasteiger partial charge >= 0.3 is 0 Å². The van der Waals surface area contributed by atoms with E-state index in [1.807, 2.05) is 38.1 Å². The fourth-order valence-corrected chi connectivity index (χ4v) is 1.73. The van der Waals surface area contributed by atoms with Crippen molar-refractivity contribution in [2.45, 2.75) is 20.0 Å². The Bertz CT molecular complexity index is 312. The number of nitrogens with two attached hydrogens (primary N) is 1. The lowest BCUT2D eigenvalue weighted by atomic mass is 9.83. The predicted molar refractivity (Wildman–Crippen MR) is 61.9 cm³/mol. The summed E-state index contributed by atoms with van der Waals surface area (Å²) in [4.78, 5) is 0. The predicted octanol–water partition coefficient (Wildman–Crippen LogP) is 2.47. The Morgan fingerprint density at radius 1 is 1.43 bits per heavy atom. The number of aliphatic hydroxyl groups is 1. The molecule has 0 aliphatic heterocycles. The maximum atomic E-state index is 10.1. The third kappa shape index (κ3) is 2.35. The first kappa shape index (κ1) is 11.7. The zero-order chi connectivity index (χ0) is 10.8. The van der Waals surface area contributed by atoms with Gasteiger partial charge in [-0.3, -0.25) is 0 Å². The van der Waals surface area contributed by atoms with E-state index in [1.165, 1.54) is 0 Å². The quantitative estimate of drug-likeness (QED) is 0.874. The van der Waals surface area contributed by atoms with E-state index in [0.29, 0.717) is 6.54 Å². The van der Waals surface area contributed by atoms with Gasteiger partial charge in [0.15, 0.2) is 0 Å². The second kappa shape index (κ2) is 4.43. The summed E-state index contributed by atoms with van der Waals surface area (Å²) < 4.78 is 0.925. The highest BCUT2D eigenvalue weighted by Gasteiger charge is 2.28. The summed E-state index contributed by atoms with van der Waals surface area (Å²) in [6.07, 6.45) is -0.539. The van der Waals surface area contributed by atoms with Gasteiger partial charge in [-0.1, -0.05) is 48.0 Å². The summed E-state index contributed by atoms with van der Waals surface area (Å²) in [6, 6.07) is 7.67. The largest absolute Gasteiger partial charge is 0.388 e. The Kier molecular flexibility index (Phi) is 3.70. The molecule has 1 aromatic rings. The lowest BCUT2D eigenvalue weighted by Gasteiger charge is -2.29. The molecule has 0 fully saturated rings. The highest BCUT2D eigenvalue weighted by molar-refractivity contribution is 9.10. The van der Waals surface area contributed by atoms with Crippen LogP contribution in [0.1, 0.15) is 25.5 Å². The molecule has 0 saturated heterocycles. The molecule has 3 heteroatoms. The molecule has 2 nitrogen and oxygen atoms in total. The third-order valence-corrected chi connectivity index (χ3v) is 3.19. The average molecular weight is 258 g/mol. The van der Waals surface area contributed by atoms with E-state index >= 15 is 0 Å². The monoisotopic (exact) mass is 257 g/mol. The molecule has 0 spiro atoms. The molecule has 1 atom stereocenters. The minimum absolute atomic E-state index is 0.302. The van der Waals surface area contributed by atoms with Crippen LogP contribution in [0.2, 0.25) is 0 Å². The van der Waals surface area contributed by atoms with Gasteiger partial charge in [-0.15, -0.1) is 0 Å². The van der Waals surface area contributed by atoms with E-state index in [9.17, 15) is 5.11 Å². The summed E-state index contributed by atoms with van der Waals surface area (Å²) in [5.41, 5.74) is 6.21. The van der Waals surface area contributed by atoms with Crippen LogP contribution in [-0.4, -0.2) is 11.7 Å². The minimum atomic E-state index is -0.539. The van der Waals surface area contributed by atoms with E-state index in [2.05, 4.69) is 15.9 Å². The molecular weight excluding hydrogens is 242 g/mol. The smallest absolute Gasteiger partial charge is 0.0863 e. The van der Waals surface area contributed by atoms with Crippen LogP contribution in [0, 0.1) is 5.41 Å². The van der Waals surface area contributed by atoms with Gasteiger partial charge in [0.1, 0.15) is 0 Å². The van der Waals surface area contributed by atoms with Crippen molar-refractivity contribution in [2.75, 3.05) is 6.54 Å². The van der Waals surface area contributed by atoms with Gasteiger partial charge < -0.3 is 10.8 Å². The van der Waals surface area contributed by atoms with Crippen molar-refractivity contribution in [2.24, 2.45) is 11.1 Å². The molecule has 78 valence electrons. The molecule has 0 amide bonds. The fourth-order valence-electron chi connectivity index (χ4n) is 1.23. The highest BCUT2D eigenvalue weighted by atomic mass is 79.9. The van der Waals surface area contributed by atoms with Gasteiger partial charge in [-0.25, -0.2) is 0 Å². The fraction of sp³-hybridized carbons (Fsp3) is 0.455. The normalized spacial score (nSPS) is 14.1. The molecule has 0 aliphatic rings. The molecule has 1 unspecified atom stereocenters. The molecule has 1 aromatic carbocycles. The van der Waals surface area contributed by atoms with E-state index in [-0.39, 0.29) is 5.41 Å². The molecule has 0 aliphatic carbocycles. The number of halogens is 1.